The number of hydrogen-bond acceptors (Lipinski definition) is 1. The SMILES string of the molecule is Cc1c(C)c(C)c2c3c(cc(C)c2c1C)Oc1cc(C)c2c(C)c(C)c(C)c(C)c2c1C3c1ccc(-c2ccc(-n3c4ccccc4c4ccccc43)cc2)cc1. The maximum atomic E-state index is 7.12. The van der Waals surface area contributed by atoms with Gasteiger partial charge in [-0.2, -0.15) is 0 Å². The Morgan fingerprint density at radius 3 is 1.23 bits per heavy atom. The molecular formula is C55H49NO. The Kier molecular flexibility index (Phi) is 7.86. The van der Waals surface area contributed by atoms with Gasteiger partial charge < -0.3 is 9.30 Å². The van der Waals surface area contributed by atoms with Crippen LogP contribution in [0, 0.1) is 69.2 Å². The van der Waals surface area contributed by atoms with Crippen molar-refractivity contribution in [3.63, 3.8) is 0 Å². The Balaban J connectivity index is 1.18. The molecule has 2 nitrogen and oxygen atoms in total. The molecule has 0 radical (unpaired) electrons. The summed E-state index contributed by atoms with van der Waals surface area (Å²) in [6, 6.07) is 40.5. The van der Waals surface area contributed by atoms with E-state index in [0.29, 0.717) is 0 Å². The van der Waals surface area contributed by atoms with Gasteiger partial charge in [-0.3, -0.25) is 0 Å². The molecule has 0 atom stereocenters. The topological polar surface area (TPSA) is 14.2 Å². The van der Waals surface area contributed by atoms with E-state index in [0.717, 1.165) is 11.5 Å². The predicted molar refractivity (Wildman–Crippen MR) is 243 cm³/mol. The molecule has 0 bridgehead atoms. The highest BCUT2D eigenvalue weighted by Crippen LogP contribution is 2.56. The fourth-order valence-corrected chi connectivity index (χ4v) is 10.4. The van der Waals surface area contributed by atoms with Crippen molar-refractivity contribution in [2.45, 2.75) is 75.2 Å². The van der Waals surface area contributed by atoms with E-state index in [-0.39, 0.29) is 5.92 Å². The first-order valence-electron chi connectivity index (χ1n) is 20.4. The van der Waals surface area contributed by atoms with Gasteiger partial charge in [-0.05, 0) is 200 Å². The van der Waals surface area contributed by atoms with Crippen LogP contribution in [0.3, 0.4) is 0 Å². The summed E-state index contributed by atoms with van der Waals surface area (Å²) < 4.78 is 9.51. The van der Waals surface area contributed by atoms with Gasteiger partial charge in [-0.25, -0.2) is 0 Å². The van der Waals surface area contributed by atoms with E-state index >= 15 is 0 Å². The zero-order valence-corrected chi connectivity index (χ0v) is 34.8. The molecule has 10 rings (SSSR count). The summed E-state index contributed by atoms with van der Waals surface area (Å²) in [6.45, 7) is 22.9. The van der Waals surface area contributed by atoms with Crippen LogP contribution >= 0.6 is 0 Å². The monoisotopic (exact) mass is 739 g/mol. The third-order valence-electron chi connectivity index (χ3n) is 14.0. The molecule has 0 unspecified atom stereocenters. The molecule has 0 fully saturated rings. The van der Waals surface area contributed by atoms with Crippen molar-refractivity contribution < 1.29 is 4.74 Å². The van der Waals surface area contributed by atoms with E-state index in [9.17, 15) is 0 Å². The normalized spacial score (nSPS) is 12.8. The molecule has 280 valence electrons. The van der Waals surface area contributed by atoms with E-state index in [2.05, 4.69) is 183 Å². The lowest BCUT2D eigenvalue weighted by Crippen LogP contribution is -2.16. The standard InChI is InChI=1S/C55H49NO/c1-29-27-47-54(51-37(9)33(5)31(3)35(7)49(29)51)53(55-48(57-47)28-30(2)50-36(8)32(4)34(6)38(10)52(50)55)41-21-19-39(20-22-41)40-23-25-42(26-24-40)56-45-17-13-11-15-43(45)44-16-12-14-18-46(44)56/h11-28,53H,1-10H3. The number of benzene rings is 8. The van der Waals surface area contributed by atoms with Crippen molar-refractivity contribution in [1.82, 2.24) is 4.57 Å². The molecule has 1 aliphatic rings. The van der Waals surface area contributed by atoms with Crippen LogP contribution in [-0.2, 0) is 0 Å². The van der Waals surface area contributed by atoms with Gasteiger partial charge in [-0.15, -0.1) is 0 Å². The lowest BCUT2D eigenvalue weighted by atomic mass is 9.74. The molecule has 2 heteroatoms. The van der Waals surface area contributed by atoms with Crippen LogP contribution in [0.25, 0.3) is 60.2 Å². The Morgan fingerprint density at radius 1 is 0.404 bits per heavy atom. The fraction of sp³-hybridized carbons (Fsp3) is 0.200. The van der Waals surface area contributed by atoms with E-state index in [1.165, 1.54) is 132 Å². The molecule has 0 aliphatic carbocycles. The van der Waals surface area contributed by atoms with Gasteiger partial charge >= 0.3 is 0 Å². The van der Waals surface area contributed by atoms with Crippen LogP contribution in [0.4, 0.5) is 0 Å². The van der Waals surface area contributed by atoms with Gasteiger partial charge in [0.1, 0.15) is 11.5 Å². The Hall–Kier alpha value is -6.12. The van der Waals surface area contributed by atoms with Crippen LogP contribution in [0.15, 0.2) is 109 Å². The largest absolute Gasteiger partial charge is 0.457 e. The Morgan fingerprint density at radius 2 is 0.789 bits per heavy atom. The molecule has 8 aromatic carbocycles. The number of hydrogen-bond donors (Lipinski definition) is 0. The minimum atomic E-state index is -0.0120. The first-order valence-corrected chi connectivity index (χ1v) is 20.4. The van der Waals surface area contributed by atoms with Crippen LogP contribution in [-0.4, -0.2) is 4.57 Å². The minimum absolute atomic E-state index is 0.0120. The molecule has 0 saturated heterocycles. The number of rotatable bonds is 3. The van der Waals surface area contributed by atoms with Crippen molar-refractivity contribution in [3.8, 4) is 28.3 Å². The van der Waals surface area contributed by atoms with Crippen molar-refractivity contribution in [2.75, 3.05) is 0 Å². The number of ether oxygens (including phenoxy) is 1. The number of para-hydroxylation sites is 2. The van der Waals surface area contributed by atoms with Crippen molar-refractivity contribution in [3.05, 3.63) is 182 Å². The zero-order chi connectivity index (χ0) is 39.6. The van der Waals surface area contributed by atoms with E-state index in [4.69, 9.17) is 4.74 Å². The maximum Gasteiger partial charge on any atom is 0.132 e. The molecule has 2 heterocycles. The molecule has 1 aliphatic heterocycles. The van der Waals surface area contributed by atoms with Crippen LogP contribution in [0.5, 0.6) is 11.5 Å². The summed E-state index contributed by atoms with van der Waals surface area (Å²) >= 11 is 0. The van der Waals surface area contributed by atoms with Crippen molar-refractivity contribution in [2.24, 2.45) is 0 Å². The minimum Gasteiger partial charge on any atom is -0.457 e. The summed E-state index contributed by atoms with van der Waals surface area (Å²) in [6.07, 6.45) is 0. The van der Waals surface area contributed by atoms with E-state index in [1.807, 2.05) is 0 Å². The average Bonchev–Trinajstić information content (AvgIpc) is 3.56. The molecule has 1 aromatic heterocycles. The van der Waals surface area contributed by atoms with Crippen LogP contribution < -0.4 is 4.74 Å². The molecule has 0 spiro atoms. The molecule has 57 heavy (non-hydrogen) atoms. The maximum absolute atomic E-state index is 7.12. The second kappa shape index (κ2) is 12.7. The van der Waals surface area contributed by atoms with Crippen LogP contribution in [0.1, 0.15) is 78.2 Å². The summed E-state index contributed by atoms with van der Waals surface area (Å²) in [4.78, 5) is 0. The number of aromatic nitrogens is 1. The summed E-state index contributed by atoms with van der Waals surface area (Å²) in [5.74, 6) is 1.94. The highest BCUT2D eigenvalue weighted by molar-refractivity contribution is 6.09. The summed E-state index contributed by atoms with van der Waals surface area (Å²) in [5, 5.41) is 7.98. The summed E-state index contributed by atoms with van der Waals surface area (Å²) in [5.41, 5.74) is 23.3. The lowest BCUT2D eigenvalue weighted by molar-refractivity contribution is 0.455. The van der Waals surface area contributed by atoms with Gasteiger partial charge in [0.25, 0.3) is 0 Å². The van der Waals surface area contributed by atoms with E-state index in [1.54, 1.807) is 0 Å². The number of fused-ring (bicyclic) bond motifs is 9. The fourth-order valence-electron chi connectivity index (χ4n) is 10.4. The third kappa shape index (κ3) is 4.96. The summed E-state index contributed by atoms with van der Waals surface area (Å²) in [7, 11) is 0. The number of nitrogens with zero attached hydrogens (tertiary/aromatic N) is 1. The second-order valence-corrected chi connectivity index (χ2v) is 16.8. The van der Waals surface area contributed by atoms with Gasteiger partial charge in [0.15, 0.2) is 0 Å². The van der Waals surface area contributed by atoms with Gasteiger partial charge in [0, 0.05) is 33.5 Å². The molecule has 0 N–H and O–H groups in total. The van der Waals surface area contributed by atoms with Gasteiger partial charge in [0.2, 0.25) is 0 Å². The van der Waals surface area contributed by atoms with Gasteiger partial charge in [-0.1, -0.05) is 72.8 Å². The second-order valence-electron chi connectivity index (χ2n) is 16.8. The van der Waals surface area contributed by atoms with Crippen LogP contribution in [0.2, 0.25) is 0 Å². The van der Waals surface area contributed by atoms with Gasteiger partial charge in [0.05, 0.1) is 11.0 Å². The third-order valence-corrected chi connectivity index (χ3v) is 14.0. The zero-order valence-electron chi connectivity index (χ0n) is 34.8. The van der Waals surface area contributed by atoms with E-state index < -0.39 is 0 Å². The molecule has 9 aromatic rings. The highest BCUT2D eigenvalue weighted by Gasteiger charge is 2.35. The lowest BCUT2D eigenvalue weighted by Gasteiger charge is -2.34. The molecule has 0 saturated carbocycles. The Bertz CT molecular complexity index is 3010. The molecule has 0 amide bonds. The Labute approximate surface area is 336 Å². The van der Waals surface area contributed by atoms with Crippen molar-refractivity contribution >= 4 is 43.4 Å². The molecular weight excluding hydrogens is 691 g/mol. The quantitative estimate of drug-likeness (QED) is 0.176. The smallest absolute Gasteiger partial charge is 0.132 e. The first-order chi connectivity index (χ1) is 27.5. The van der Waals surface area contributed by atoms with Crippen molar-refractivity contribution in [1.29, 1.82) is 0 Å². The predicted octanol–water partition coefficient (Wildman–Crippen LogP) is 15.1. The number of aryl methyl sites for hydroxylation is 6. The average molecular weight is 740 g/mol. The highest BCUT2D eigenvalue weighted by atomic mass is 16.5. The first kappa shape index (κ1) is 35.3.